The normalized spacial score (nSPS) is 28.9. The molecule has 2 atom stereocenters. The van der Waals surface area contributed by atoms with Crippen LogP contribution in [0.4, 0.5) is 0 Å². The molecule has 0 radical (unpaired) electrons. The number of amides is 1. The summed E-state index contributed by atoms with van der Waals surface area (Å²) in [5.74, 6) is 0.238. The predicted molar refractivity (Wildman–Crippen MR) is 69.5 cm³/mol. The van der Waals surface area contributed by atoms with Gasteiger partial charge >= 0.3 is 0 Å². The number of hydrogen-bond acceptors (Lipinski definition) is 2. The molecule has 0 aromatic heterocycles. The molecule has 0 aromatic carbocycles. The van der Waals surface area contributed by atoms with Crippen LogP contribution in [0.1, 0.15) is 51.4 Å². The number of carbonyl (C=O) groups excluding carboxylic acids is 1. The van der Waals surface area contributed by atoms with E-state index in [1.807, 2.05) is 0 Å². The second-order valence-electron chi connectivity index (χ2n) is 5.35. The van der Waals surface area contributed by atoms with E-state index in [0.717, 1.165) is 32.2 Å². The zero-order chi connectivity index (χ0) is 12.1. The summed E-state index contributed by atoms with van der Waals surface area (Å²) in [6.07, 6.45) is 11.5. The fraction of sp³-hybridized carbons (Fsp3) is 0.786. The van der Waals surface area contributed by atoms with Gasteiger partial charge in [0.25, 0.3) is 0 Å². The lowest BCUT2D eigenvalue weighted by atomic mass is 9.97. The fourth-order valence-corrected chi connectivity index (χ4v) is 2.92. The van der Waals surface area contributed by atoms with Crippen molar-refractivity contribution >= 4 is 5.91 Å². The van der Waals surface area contributed by atoms with Crippen molar-refractivity contribution in [1.29, 1.82) is 0 Å². The van der Waals surface area contributed by atoms with E-state index in [9.17, 15) is 4.79 Å². The predicted octanol–water partition coefficient (Wildman–Crippen LogP) is 2.12. The van der Waals surface area contributed by atoms with Crippen molar-refractivity contribution in [3.05, 3.63) is 11.6 Å². The molecule has 0 aromatic rings. The Balaban J connectivity index is 1.67. The molecule has 0 bridgehead atoms. The van der Waals surface area contributed by atoms with Crippen LogP contribution >= 0.6 is 0 Å². The van der Waals surface area contributed by atoms with Crippen LogP contribution in [0.2, 0.25) is 0 Å². The highest BCUT2D eigenvalue weighted by molar-refractivity contribution is 5.79. The molecule has 3 nitrogen and oxygen atoms in total. The SMILES string of the molecule is NC1CCCC1C(=O)NCCC1=CCCCC1. The smallest absolute Gasteiger partial charge is 0.224 e. The molecule has 0 saturated heterocycles. The highest BCUT2D eigenvalue weighted by Gasteiger charge is 2.29. The van der Waals surface area contributed by atoms with Crippen molar-refractivity contribution < 1.29 is 4.79 Å². The van der Waals surface area contributed by atoms with Crippen LogP contribution in [0.3, 0.4) is 0 Å². The van der Waals surface area contributed by atoms with Crippen molar-refractivity contribution in [3.63, 3.8) is 0 Å². The van der Waals surface area contributed by atoms with Crippen LogP contribution < -0.4 is 11.1 Å². The minimum absolute atomic E-state index is 0.0651. The minimum atomic E-state index is 0.0651. The molecule has 0 aliphatic heterocycles. The van der Waals surface area contributed by atoms with E-state index in [0.29, 0.717) is 0 Å². The van der Waals surface area contributed by atoms with Crippen molar-refractivity contribution in [1.82, 2.24) is 5.32 Å². The first kappa shape index (κ1) is 12.6. The Labute approximate surface area is 104 Å². The Morgan fingerprint density at radius 1 is 1.35 bits per heavy atom. The van der Waals surface area contributed by atoms with E-state index in [1.54, 1.807) is 0 Å². The Morgan fingerprint density at radius 3 is 2.88 bits per heavy atom. The molecule has 0 spiro atoms. The lowest BCUT2D eigenvalue weighted by molar-refractivity contribution is -0.125. The van der Waals surface area contributed by atoms with Gasteiger partial charge in [0.2, 0.25) is 5.91 Å². The molecule has 2 aliphatic rings. The molecule has 2 unspecified atom stereocenters. The van der Waals surface area contributed by atoms with Gasteiger partial charge in [-0.15, -0.1) is 0 Å². The third-order valence-corrected chi connectivity index (χ3v) is 4.04. The maximum absolute atomic E-state index is 11.9. The zero-order valence-corrected chi connectivity index (χ0v) is 10.6. The van der Waals surface area contributed by atoms with E-state index < -0.39 is 0 Å². The standard InChI is InChI=1S/C14H24N2O/c15-13-8-4-7-12(13)14(17)16-10-9-11-5-2-1-3-6-11/h5,12-13H,1-4,6-10,15H2,(H,16,17). The van der Waals surface area contributed by atoms with Crippen molar-refractivity contribution in [2.24, 2.45) is 11.7 Å². The Bertz CT molecular complexity index is 299. The highest BCUT2D eigenvalue weighted by Crippen LogP contribution is 2.24. The van der Waals surface area contributed by atoms with Crippen LogP contribution in [0.15, 0.2) is 11.6 Å². The maximum atomic E-state index is 11.9. The van der Waals surface area contributed by atoms with Gasteiger partial charge in [-0.25, -0.2) is 0 Å². The Kier molecular flexibility index (Phi) is 4.60. The summed E-state index contributed by atoms with van der Waals surface area (Å²) in [7, 11) is 0. The first-order chi connectivity index (χ1) is 8.27. The van der Waals surface area contributed by atoms with Gasteiger partial charge in [-0.1, -0.05) is 18.1 Å². The van der Waals surface area contributed by atoms with Crippen molar-refractivity contribution in [2.45, 2.75) is 57.4 Å². The molecule has 3 N–H and O–H groups in total. The Morgan fingerprint density at radius 2 is 2.24 bits per heavy atom. The van der Waals surface area contributed by atoms with Crippen molar-refractivity contribution in [2.75, 3.05) is 6.54 Å². The monoisotopic (exact) mass is 236 g/mol. The average Bonchev–Trinajstić information content (AvgIpc) is 2.77. The van der Waals surface area contributed by atoms with Crippen LogP contribution in [-0.2, 0) is 4.79 Å². The first-order valence-electron chi connectivity index (χ1n) is 6.98. The first-order valence-corrected chi connectivity index (χ1v) is 6.98. The second kappa shape index (κ2) is 6.20. The van der Waals surface area contributed by atoms with E-state index in [-0.39, 0.29) is 17.9 Å². The quantitative estimate of drug-likeness (QED) is 0.735. The molecule has 17 heavy (non-hydrogen) atoms. The summed E-state index contributed by atoms with van der Waals surface area (Å²) in [4.78, 5) is 11.9. The summed E-state index contributed by atoms with van der Waals surface area (Å²) < 4.78 is 0. The molecule has 2 aliphatic carbocycles. The summed E-state index contributed by atoms with van der Waals surface area (Å²) in [5, 5.41) is 3.04. The molecular formula is C14H24N2O. The number of allylic oxidation sites excluding steroid dienone is 1. The molecule has 2 rings (SSSR count). The van der Waals surface area contributed by atoms with Gasteiger partial charge in [0.1, 0.15) is 0 Å². The Hall–Kier alpha value is -0.830. The molecule has 0 heterocycles. The van der Waals surface area contributed by atoms with Crippen LogP contribution in [0.25, 0.3) is 0 Å². The van der Waals surface area contributed by atoms with E-state index >= 15 is 0 Å². The molecule has 96 valence electrons. The maximum Gasteiger partial charge on any atom is 0.224 e. The van der Waals surface area contributed by atoms with Crippen molar-refractivity contribution in [3.8, 4) is 0 Å². The van der Waals surface area contributed by atoms with Crippen LogP contribution in [0, 0.1) is 5.92 Å². The number of hydrogen-bond donors (Lipinski definition) is 2. The van der Waals surface area contributed by atoms with E-state index in [1.165, 1.54) is 31.3 Å². The van der Waals surface area contributed by atoms with Gasteiger partial charge in [0.15, 0.2) is 0 Å². The van der Waals surface area contributed by atoms with E-state index in [4.69, 9.17) is 5.73 Å². The number of carbonyl (C=O) groups is 1. The topological polar surface area (TPSA) is 55.1 Å². The van der Waals surface area contributed by atoms with Gasteiger partial charge < -0.3 is 11.1 Å². The number of nitrogens with one attached hydrogen (secondary N) is 1. The molecule has 1 saturated carbocycles. The fourth-order valence-electron chi connectivity index (χ4n) is 2.92. The van der Waals surface area contributed by atoms with Gasteiger partial charge in [-0.2, -0.15) is 0 Å². The molecule has 1 amide bonds. The minimum Gasteiger partial charge on any atom is -0.355 e. The molecular weight excluding hydrogens is 212 g/mol. The van der Waals surface area contributed by atoms with Gasteiger partial charge in [-0.3, -0.25) is 4.79 Å². The van der Waals surface area contributed by atoms with Gasteiger partial charge in [0.05, 0.1) is 5.92 Å². The highest BCUT2D eigenvalue weighted by atomic mass is 16.1. The average molecular weight is 236 g/mol. The van der Waals surface area contributed by atoms with Gasteiger partial charge in [-0.05, 0) is 44.9 Å². The summed E-state index contributed by atoms with van der Waals surface area (Å²) in [5.41, 5.74) is 7.44. The third kappa shape index (κ3) is 3.56. The van der Waals surface area contributed by atoms with Crippen LogP contribution in [-0.4, -0.2) is 18.5 Å². The number of nitrogens with two attached hydrogens (primary N) is 1. The second-order valence-corrected chi connectivity index (χ2v) is 5.35. The van der Waals surface area contributed by atoms with Gasteiger partial charge in [0, 0.05) is 12.6 Å². The largest absolute Gasteiger partial charge is 0.355 e. The molecule has 3 heteroatoms. The summed E-state index contributed by atoms with van der Waals surface area (Å²) in [6.45, 7) is 0.786. The number of rotatable bonds is 4. The lowest BCUT2D eigenvalue weighted by Gasteiger charge is -2.16. The molecule has 1 fully saturated rings. The van der Waals surface area contributed by atoms with Crippen LogP contribution in [0.5, 0.6) is 0 Å². The zero-order valence-electron chi connectivity index (χ0n) is 10.6. The lowest BCUT2D eigenvalue weighted by Crippen LogP contribution is -2.39. The third-order valence-electron chi connectivity index (χ3n) is 4.04. The summed E-state index contributed by atoms with van der Waals surface area (Å²) >= 11 is 0. The van der Waals surface area contributed by atoms with E-state index in [2.05, 4.69) is 11.4 Å². The summed E-state index contributed by atoms with van der Waals surface area (Å²) in [6, 6.07) is 0.0869.